The predicted octanol–water partition coefficient (Wildman–Crippen LogP) is 6.99. The zero-order chi connectivity index (χ0) is 29.4. The topological polar surface area (TPSA) is 94.2 Å². The molecule has 1 N–H and O–H groups in total. The number of para-hydroxylation sites is 2. The number of nitrogens with one attached hydrogen (secondary N) is 1. The fraction of sp³-hybridized carbons (Fsp3) is 0.258. The summed E-state index contributed by atoms with van der Waals surface area (Å²) in [5.74, 6) is 0.856. The number of anilines is 1. The molecule has 0 radical (unpaired) electrons. The highest BCUT2D eigenvalue weighted by Crippen LogP contribution is 2.35. The summed E-state index contributed by atoms with van der Waals surface area (Å²) in [5, 5.41) is 2.99. The van der Waals surface area contributed by atoms with Crippen LogP contribution >= 0.6 is 23.4 Å². The average molecular weight is 595 g/mol. The molecule has 1 fully saturated rings. The van der Waals surface area contributed by atoms with Crippen LogP contribution in [0.15, 0.2) is 71.6 Å². The molecule has 0 aromatic heterocycles. The Labute approximate surface area is 248 Å². The zero-order valence-corrected chi connectivity index (χ0v) is 24.6. The second-order valence-electron chi connectivity index (χ2n) is 9.33. The smallest absolute Gasteiger partial charge is 0.293 e. The fourth-order valence-corrected chi connectivity index (χ4v) is 5.15. The van der Waals surface area contributed by atoms with Crippen molar-refractivity contribution in [1.29, 1.82) is 0 Å². The van der Waals surface area contributed by atoms with Crippen molar-refractivity contribution >= 4 is 52.2 Å². The summed E-state index contributed by atoms with van der Waals surface area (Å²) in [5.41, 5.74) is 2.44. The summed E-state index contributed by atoms with van der Waals surface area (Å²) < 4.78 is 17.1. The molecule has 1 aliphatic heterocycles. The number of imide groups is 1. The van der Waals surface area contributed by atoms with Gasteiger partial charge in [-0.25, -0.2) is 0 Å². The molecule has 3 amide bonds. The lowest BCUT2D eigenvalue weighted by Gasteiger charge is -2.15. The zero-order valence-electron chi connectivity index (χ0n) is 23.0. The molecule has 3 aromatic rings. The van der Waals surface area contributed by atoms with Crippen LogP contribution in [0, 0.1) is 0 Å². The predicted molar refractivity (Wildman–Crippen MR) is 162 cm³/mol. The van der Waals surface area contributed by atoms with Crippen molar-refractivity contribution in [3.63, 3.8) is 0 Å². The van der Waals surface area contributed by atoms with Crippen LogP contribution in [0.3, 0.4) is 0 Å². The summed E-state index contributed by atoms with van der Waals surface area (Å²) in [7, 11) is 0. The van der Waals surface area contributed by atoms with E-state index in [1.165, 1.54) is 0 Å². The van der Waals surface area contributed by atoms with E-state index in [2.05, 4.69) is 19.2 Å². The van der Waals surface area contributed by atoms with Gasteiger partial charge in [0.05, 0.1) is 23.1 Å². The number of carbonyl (C=O) groups is 3. The number of benzene rings is 3. The number of amides is 3. The summed E-state index contributed by atoms with van der Waals surface area (Å²) in [4.78, 5) is 39.5. The monoisotopic (exact) mass is 594 g/mol. The maximum atomic E-state index is 12.9. The highest BCUT2D eigenvalue weighted by Gasteiger charge is 2.35. The fourth-order valence-electron chi connectivity index (χ4n) is 4.10. The lowest BCUT2D eigenvalue weighted by molar-refractivity contribution is -0.123. The Morgan fingerprint density at radius 3 is 2.49 bits per heavy atom. The van der Waals surface area contributed by atoms with E-state index < -0.39 is 5.91 Å². The molecule has 1 saturated heterocycles. The maximum Gasteiger partial charge on any atom is 0.293 e. The van der Waals surface area contributed by atoms with E-state index in [1.807, 2.05) is 31.2 Å². The summed E-state index contributed by atoms with van der Waals surface area (Å²) in [6.07, 6.45) is 1.63. The Hall–Kier alpha value is -3.95. The van der Waals surface area contributed by atoms with Gasteiger partial charge in [-0.1, -0.05) is 61.8 Å². The first-order valence-electron chi connectivity index (χ1n) is 13.2. The molecule has 1 aliphatic rings. The van der Waals surface area contributed by atoms with Crippen LogP contribution in [-0.4, -0.2) is 48.3 Å². The van der Waals surface area contributed by atoms with Gasteiger partial charge >= 0.3 is 0 Å². The third kappa shape index (κ3) is 7.83. The first kappa shape index (κ1) is 30.0. The lowest BCUT2D eigenvalue weighted by Crippen LogP contribution is -2.32. The van der Waals surface area contributed by atoms with E-state index in [-0.39, 0.29) is 41.7 Å². The first-order valence-corrected chi connectivity index (χ1v) is 14.4. The van der Waals surface area contributed by atoms with E-state index in [0.717, 1.165) is 27.9 Å². The molecule has 1 heterocycles. The number of rotatable bonds is 12. The third-order valence-electron chi connectivity index (χ3n) is 6.06. The van der Waals surface area contributed by atoms with Gasteiger partial charge in [-0.15, -0.1) is 0 Å². The van der Waals surface area contributed by atoms with Gasteiger partial charge in [-0.2, -0.15) is 0 Å². The van der Waals surface area contributed by atoms with Gasteiger partial charge in [0.1, 0.15) is 12.4 Å². The van der Waals surface area contributed by atoms with Crippen molar-refractivity contribution in [1.82, 2.24) is 4.90 Å². The number of ether oxygens (including phenoxy) is 3. The van der Waals surface area contributed by atoms with Crippen molar-refractivity contribution in [3.05, 3.63) is 87.8 Å². The second-order valence-corrected chi connectivity index (χ2v) is 10.7. The van der Waals surface area contributed by atoms with Gasteiger partial charge in [-0.3, -0.25) is 19.3 Å². The molecular formula is C31H31ClN2O6S. The van der Waals surface area contributed by atoms with Crippen LogP contribution in [-0.2, 0) is 9.59 Å². The Morgan fingerprint density at radius 1 is 0.976 bits per heavy atom. The van der Waals surface area contributed by atoms with Gasteiger partial charge in [0, 0.05) is 5.69 Å². The highest BCUT2D eigenvalue weighted by molar-refractivity contribution is 8.18. The van der Waals surface area contributed by atoms with Gasteiger partial charge in [0.2, 0.25) is 0 Å². The Bertz CT molecular complexity index is 1460. The molecule has 0 unspecified atom stereocenters. The van der Waals surface area contributed by atoms with Crippen LogP contribution in [0.25, 0.3) is 6.08 Å². The van der Waals surface area contributed by atoms with E-state index in [0.29, 0.717) is 34.4 Å². The van der Waals surface area contributed by atoms with Gasteiger partial charge < -0.3 is 19.5 Å². The second kappa shape index (κ2) is 14.1. The van der Waals surface area contributed by atoms with Crippen LogP contribution in [0.1, 0.15) is 37.8 Å². The van der Waals surface area contributed by atoms with Crippen LogP contribution in [0.4, 0.5) is 10.5 Å². The van der Waals surface area contributed by atoms with Crippen molar-refractivity contribution < 1.29 is 28.6 Å². The lowest BCUT2D eigenvalue weighted by atomic mass is 10.0. The van der Waals surface area contributed by atoms with Crippen molar-refractivity contribution in [2.75, 3.05) is 31.7 Å². The Balaban J connectivity index is 1.39. The van der Waals surface area contributed by atoms with Crippen molar-refractivity contribution in [3.8, 4) is 17.2 Å². The molecule has 0 aliphatic carbocycles. The highest BCUT2D eigenvalue weighted by atomic mass is 35.5. The largest absolute Gasteiger partial charge is 0.490 e. The standard InChI is InChI=1S/C31H31ClN2O6S/c1-4-38-27-17-21(13-14-26(27)40-19-29(35)33-24-11-7-5-9-22(24)20(2)3)18-28-30(36)34(31(37)41-28)15-16-39-25-12-8-6-10-23(25)32/h5-14,17-18,20H,4,15-16,19H2,1-3H3,(H,33,35)/b28-18-. The quantitative estimate of drug-likeness (QED) is 0.226. The summed E-state index contributed by atoms with van der Waals surface area (Å²) in [6, 6.07) is 19.8. The minimum Gasteiger partial charge on any atom is -0.490 e. The Morgan fingerprint density at radius 2 is 1.73 bits per heavy atom. The van der Waals surface area contributed by atoms with E-state index in [1.54, 1.807) is 48.5 Å². The third-order valence-corrected chi connectivity index (χ3v) is 7.28. The Kier molecular flexibility index (Phi) is 10.3. The van der Waals surface area contributed by atoms with Crippen LogP contribution in [0.2, 0.25) is 5.02 Å². The number of carbonyl (C=O) groups excluding carboxylic acids is 3. The molecule has 0 saturated carbocycles. The number of nitrogens with zero attached hydrogens (tertiary/aromatic N) is 1. The van der Waals surface area contributed by atoms with Crippen molar-refractivity contribution in [2.45, 2.75) is 26.7 Å². The van der Waals surface area contributed by atoms with Crippen LogP contribution < -0.4 is 19.5 Å². The summed E-state index contributed by atoms with van der Waals surface area (Å²) in [6.45, 7) is 6.34. The number of hydrogen-bond donors (Lipinski definition) is 1. The molecule has 10 heteroatoms. The number of hydrogen-bond acceptors (Lipinski definition) is 7. The molecule has 4 rings (SSSR count). The van der Waals surface area contributed by atoms with Gasteiger partial charge in [-0.05, 0) is 72.1 Å². The van der Waals surface area contributed by atoms with Gasteiger partial charge in [0.25, 0.3) is 17.1 Å². The van der Waals surface area contributed by atoms with E-state index in [4.69, 9.17) is 25.8 Å². The molecule has 41 heavy (non-hydrogen) atoms. The maximum absolute atomic E-state index is 12.9. The molecule has 0 atom stereocenters. The molecule has 3 aromatic carbocycles. The van der Waals surface area contributed by atoms with E-state index in [9.17, 15) is 14.4 Å². The first-order chi connectivity index (χ1) is 19.8. The van der Waals surface area contributed by atoms with Crippen molar-refractivity contribution in [2.24, 2.45) is 0 Å². The minimum atomic E-state index is -0.403. The average Bonchev–Trinajstić information content (AvgIpc) is 3.21. The molecule has 8 nitrogen and oxygen atoms in total. The summed E-state index contributed by atoms with van der Waals surface area (Å²) >= 11 is 6.96. The molecule has 0 spiro atoms. The number of thioether (sulfide) groups is 1. The molecule has 214 valence electrons. The normalized spacial score (nSPS) is 14.1. The SMILES string of the molecule is CCOc1cc(/C=C2\SC(=O)N(CCOc3ccccc3Cl)C2=O)ccc1OCC(=O)Nc1ccccc1C(C)C. The number of halogens is 1. The van der Waals surface area contributed by atoms with Crippen LogP contribution in [0.5, 0.6) is 17.2 Å². The van der Waals surface area contributed by atoms with E-state index >= 15 is 0 Å². The molecule has 0 bridgehead atoms. The van der Waals surface area contributed by atoms with Gasteiger partial charge in [0.15, 0.2) is 18.1 Å². The molecular weight excluding hydrogens is 564 g/mol. The minimum absolute atomic E-state index is 0.0912.